The second-order valence-corrected chi connectivity index (χ2v) is 5.93. The fourth-order valence-electron chi connectivity index (χ4n) is 2.27. The maximum atomic E-state index is 12.5. The molecule has 0 aromatic rings. The fraction of sp³-hybridized carbons (Fsp3) is 0.923. The van der Waals surface area contributed by atoms with Crippen LogP contribution in [0.2, 0.25) is 0 Å². The van der Waals surface area contributed by atoms with Gasteiger partial charge in [0.2, 0.25) is 0 Å². The monoisotopic (exact) mass is 275 g/mol. The molecule has 108 valence electrons. The standard InChI is InChI=1S/C13H20F3N3/c1-12(8-17,18-10-2-3-10)6-7-19(11-4-5-11)9-13(14,15)16/h10-11,18H,2-7,9H2,1H3. The van der Waals surface area contributed by atoms with Crippen LogP contribution in [0.1, 0.15) is 39.0 Å². The molecular weight excluding hydrogens is 255 g/mol. The van der Waals surface area contributed by atoms with Crippen molar-refractivity contribution in [1.29, 1.82) is 5.26 Å². The summed E-state index contributed by atoms with van der Waals surface area (Å²) in [6.07, 6.45) is 0.0886. The van der Waals surface area contributed by atoms with Gasteiger partial charge in [-0.05, 0) is 39.0 Å². The molecule has 0 spiro atoms. The van der Waals surface area contributed by atoms with Gasteiger partial charge in [-0.25, -0.2) is 0 Å². The second-order valence-electron chi connectivity index (χ2n) is 5.93. The highest BCUT2D eigenvalue weighted by Gasteiger charge is 2.39. The lowest BCUT2D eigenvalue weighted by Crippen LogP contribution is -2.46. The third kappa shape index (κ3) is 5.00. The minimum atomic E-state index is -4.16. The van der Waals surface area contributed by atoms with Crippen molar-refractivity contribution in [2.24, 2.45) is 0 Å². The first-order valence-electron chi connectivity index (χ1n) is 6.81. The SMILES string of the molecule is CC(C#N)(CCN(CC(F)(F)F)C1CC1)NC1CC1. The Labute approximate surface area is 111 Å². The van der Waals surface area contributed by atoms with E-state index in [0.717, 1.165) is 25.7 Å². The first-order valence-corrected chi connectivity index (χ1v) is 6.81. The topological polar surface area (TPSA) is 39.1 Å². The number of rotatable bonds is 7. The van der Waals surface area contributed by atoms with Crippen LogP contribution in [0.15, 0.2) is 0 Å². The summed E-state index contributed by atoms with van der Waals surface area (Å²) < 4.78 is 37.5. The molecule has 2 aliphatic carbocycles. The van der Waals surface area contributed by atoms with Gasteiger partial charge < -0.3 is 0 Å². The van der Waals surface area contributed by atoms with Crippen LogP contribution in [0.25, 0.3) is 0 Å². The van der Waals surface area contributed by atoms with Crippen LogP contribution in [-0.4, -0.2) is 41.8 Å². The smallest absolute Gasteiger partial charge is 0.297 e. The van der Waals surface area contributed by atoms with E-state index in [9.17, 15) is 18.4 Å². The molecule has 6 heteroatoms. The van der Waals surface area contributed by atoms with E-state index >= 15 is 0 Å². The lowest BCUT2D eigenvalue weighted by Gasteiger charge is -2.29. The Morgan fingerprint density at radius 2 is 1.89 bits per heavy atom. The summed E-state index contributed by atoms with van der Waals surface area (Å²) in [4.78, 5) is 1.48. The zero-order valence-corrected chi connectivity index (χ0v) is 11.1. The van der Waals surface area contributed by atoms with Gasteiger partial charge in [-0.1, -0.05) is 0 Å². The number of nitrogens with zero attached hydrogens (tertiary/aromatic N) is 2. The molecule has 0 heterocycles. The third-order valence-corrected chi connectivity index (χ3v) is 3.69. The van der Waals surface area contributed by atoms with Gasteiger partial charge in [-0.2, -0.15) is 18.4 Å². The first kappa shape index (κ1) is 14.6. The number of alkyl halides is 3. The molecule has 0 amide bonds. The van der Waals surface area contributed by atoms with Crippen LogP contribution in [0.5, 0.6) is 0 Å². The van der Waals surface area contributed by atoms with Gasteiger partial charge in [0, 0.05) is 18.6 Å². The van der Waals surface area contributed by atoms with Gasteiger partial charge in [-0.15, -0.1) is 0 Å². The van der Waals surface area contributed by atoms with Crippen LogP contribution in [0.4, 0.5) is 13.2 Å². The molecule has 2 aliphatic rings. The molecule has 0 bridgehead atoms. The molecule has 0 aromatic carbocycles. The quantitative estimate of drug-likeness (QED) is 0.775. The van der Waals surface area contributed by atoms with Gasteiger partial charge >= 0.3 is 6.18 Å². The van der Waals surface area contributed by atoms with E-state index in [4.69, 9.17) is 0 Å². The molecular formula is C13H20F3N3. The van der Waals surface area contributed by atoms with E-state index < -0.39 is 18.3 Å². The Balaban J connectivity index is 1.84. The highest BCUT2D eigenvalue weighted by molar-refractivity contribution is 5.07. The molecule has 2 saturated carbocycles. The maximum Gasteiger partial charge on any atom is 0.401 e. The van der Waals surface area contributed by atoms with E-state index in [-0.39, 0.29) is 6.04 Å². The summed E-state index contributed by atoms with van der Waals surface area (Å²) in [5.74, 6) is 0. The average molecular weight is 275 g/mol. The molecule has 0 radical (unpaired) electrons. The molecule has 0 saturated heterocycles. The summed E-state index contributed by atoms with van der Waals surface area (Å²) in [5.41, 5.74) is -0.708. The summed E-state index contributed by atoms with van der Waals surface area (Å²) in [5, 5.41) is 12.4. The van der Waals surface area contributed by atoms with Crippen molar-refractivity contribution in [2.75, 3.05) is 13.1 Å². The maximum absolute atomic E-state index is 12.5. The lowest BCUT2D eigenvalue weighted by atomic mass is 9.99. The Kier molecular flexibility index (Phi) is 4.07. The van der Waals surface area contributed by atoms with Crippen molar-refractivity contribution >= 4 is 0 Å². The van der Waals surface area contributed by atoms with E-state index in [1.165, 1.54) is 4.90 Å². The largest absolute Gasteiger partial charge is 0.401 e. The van der Waals surface area contributed by atoms with Crippen molar-refractivity contribution in [3.63, 3.8) is 0 Å². The molecule has 0 aromatic heterocycles. The van der Waals surface area contributed by atoms with Crippen molar-refractivity contribution in [3.8, 4) is 6.07 Å². The van der Waals surface area contributed by atoms with Crippen molar-refractivity contribution in [3.05, 3.63) is 0 Å². The zero-order chi connectivity index (χ0) is 14.1. The number of nitriles is 1. The van der Waals surface area contributed by atoms with Gasteiger partial charge in [0.25, 0.3) is 0 Å². The molecule has 1 N–H and O–H groups in total. The number of halogens is 3. The summed E-state index contributed by atoms with van der Waals surface area (Å²) in [7, 11) is 0. The van der Waals surface area contributed by atoms with Gasteiger partial charge in [0.15, 0.2) is 0 Å². The van der Waals surface area contributed by atoms with Gasteiger partial charge in [0.05, 0.1) is 12.6 Å². The predicted octanol–water partition coefficient (Wildman–Crippen LogP) is 2.44. The Morgan fingerprint density at radius 3 is 2.32 bits per heavy atom. The Morgan fingerprint density at radius 1 is 1.26 bits per heavy atom. The molecule has 1 unspecified atom stereocenters. The Bertz CT molecular complexity index is 355. The number of hydrogen-bond donors (Lipinski definition) is 1. The average Bonchev–Trinajstić information content (AvgIpc) is 3.14. The van der Waals surface area contributed by atoms with E-state index in [0.29, 0.717) is 19.0 Å². The molecule has 1 atom stereocenters. The number of nitrogens with one attached hydrogen (secondary N) is 1. The normalized spacial score (nSPS) is 23.2. The van der Waals surface area contributed by atoms with Gasteiger partial charge in [0.1, 0.15) is 5.54 Å². The highest BCUT2D eigenvalue weighted by atomic mass is 19.4. The van der Waals surface area contributed by atoms with E-state index in [1.54, 1.807) is 6.92 Å². The van der Waals surface area contributed by atoms with Crippen LogP contribution in [0, 0.1) is 11.3 Å². The summed E-state index contributed by atoms with van der Waals surface area (Å²) in [6, 6.07) is 2.65. The third-order valence-electron chi connectivity index (χ3n) is 3.69. The second kappa shape index (κ2) is 5.29. The minimum Gasteiger partial charge on any atom is -0.297 e. The predicted molar refractivity (Wildman–Crippen MR) is 65.4 cm³/mol. The Hall–Kier alpha value is -0.800. The summed E-state index contributed by atoms with van der Waals surface area (Å²) >= 11 is 0. The van der Waals surface area contributed by atoms with Crippen molar-refractivity contribution in [1.82, 2.24) is 10.2 Å². The van der Waals surface area contributed by atoms with Crippen LogP contribution >= 0.6 is 0 Å². The van der Waals surface area contributed by atoms with Crippen LogP contribution < -0.4 is 5.32 Å². The first-order chi connectivity index (χ1) is 8.81. The summed E-state index contributed by atoms with van der Waals surface area (Å²) in [6.45, 7) is 1.25. The van der Waals surface area contributed by atoms with Crippen molar-refractivity contribution in [2.45, 2.75) is 62.8 Å². The number of hydrogen-bond acceptors (Lipinski definition) is 3. The minimum absolute atomic E-state index is 0.0606. The van der Waals surface area contributed by atoms with Crippen molar-refractivity contribution < 1.29 is 13.2 Å². The fourth-order valence-corrected chi connectivity index (χ4v) is 2.27. The molecule has 19 heavy (non-hydrogen) atoms. The molecule has 0 aliphatic heterocycles. The van der Waals surface area contributed by atoms with Crippen LogP contribution in [0.3, 0.4) is 0 Å². The highest BCUT2D eigenvalue weighted by Crippen LogP contribution is 2.31. The molecule has 2 rings (SSSR count). The molecule has 3 nitrogen and oxygen atoms in total. The van der Waals surface area contributed by atoms with Gasteiger partial charge in [-0.3, -0.25) is 10.2 Å². The molecule has 2 fully saturated rings. The zero-order valence-electron chi connectivity index (χ0n) is 11.1. The van der Waals surface area contributed by atoms with E-state index in [1.807, 2.05) is 0 Å². The van der Waals surface area contributed by atoms with Crippen LogP contribution in [-0.2, 0) is 0 Å². The van der Waals surface area contributed by atoms with E-state index in [2.05, 4.69) is 11.4 Å². The lowest BCUT2D eigenvalue weighted by molar-refractivity contribution is -0.147.